The fourth-order valence-corrected chi connectivity index (χ4v) is 2.46. The van der Waals surface area contributed by atoms with Gasteiger partial charge in [-0.2, -0.15) is 14.6 Å². The number of hydrogen-bond acceptors (Lipinski definition) is 7. The van der Waals surface area contributed by atoms with Crippen LogP contribution in [0.4, 0.5) is 11.8 Å². The summed E-state index contributed by atoms with van der Waals surface area (Å²) in [6.45, 7) is 2.77. The van der Waals surface area contributed by atoms with Crippen molar-refractivity contribution in [3.8, 4) is 11.6 Å². The van der Waals surface area contributed by atoms with Gasteiger partial charge in [-0.15, -0.1) is 5.10 Å². The molecule has 0 radical (unpaired) electrons. The molecule has 10 heteroatoms. The molecule has 0 bridgehead atoms. The summed E-state index contributed by atoms with van der Waals surface area (Å²) >= 11 is 0. The van der Waals surface area contributed by atoms with Crippen molar-refractivity contribution < 1.29 is 16.8 Å². The second kappa shape index (κ2) is 5.43. The zero-order chi connectivity index (χ0) is 15.3. The number of hydrogen-bond donors (Lipinski definition) is 2. The lowest BCUT2D eigenvalue weighted by molar-refractivity contribution is -0.00000532. The third-order valence-corrected chi connectivity index (χ3v) is 3.38. The van der Waals surface area contributed by atoms with E-state index in [1.807, 2.05) is 14.0 Å². The fraction of sp³-hybridized carbons (Fsp3) is 0.231. The van der Waals surface area contributed by atoms with Crippen molar-refractivity contribution >= 4 is 28.4 Å². The number of nitrogens with two attached hydrogens (primary N) is 1. The number of fused-ring (bicyclic) bond motifs is 3. The summed E-state index contributed by atoms with van der Waals surface area (Å²) in [5.74, 6) is 2.09. The molecule has 0 fully saturated rings. The molecule has 0 aliphatic heterocycles. The van der Waals surface area contributed by atoms with Gasteiger partial charge in [0, 0.05) is 13.6 Å². The molecule has 9 nitrogen and oxygen atoms in total. The van der Waals surface area contributed by atoms with Gasteiger partial charge >= 0.3 is 0 Å². The quantitative estimate of drug-likeness (QED) is 0.459. The summed E-state index contributed by atoms with van der Waals surface area (Å²) in [5, 5.41) is 12.8. The first kappa shape index (κ1) is 15.1. The number of aromatic nitrogens is 6. The van der Waals surface area contributed by atoms with Crippen molar-refractivity contribution in [2.75, 3.05) is 17.6 Å². The molecule has 4 rings (SSSR count). The molecule has 0 saturated heterocycles. The van der Waals surface area contributed by atoms with Gasteiger partial charge < -0.3 is 27.9 Å². The van der Waals surface area contributed by atoms with E-state index in [1.54, 1.807) is 23.1 Å². The minimum atomic E-state index is 0. The Bertz CT molecular complexity index is 971. The molecule has 0 saturated carbocycles. The molecular formula is C13H14ClN8O-. The standard InChI is InChI=1S/C13H14N8O.ClH/c1-3-15-11-8-10(18-20(11)2)17-13(14)21-12(8)16-9(19-21)7-5-4-6-22-7;/h4-6,15H,3H2,1-2H3,(H2,14,17,18);1H/p-1. The van der Waals surface area contributed by atoms with Crippen LogP contribution in [0.3, 0.4) is 0 Å². The fourth-order valence-electron chi connectivity index (χ4n) is 2.46. The first-order valence-electron chi connectivity index (χ1n) is 6.85. The molecule has 0 spiro atoms. The third-order valence-electron chi connectivity index (χ3n) is 3.38. The molecule has 23 heavy (non-hydrogen) atoms. The minimum Gasteiger partial charge on any atom is -1.00 e. The molecule has 0 unspecified atom stereocenters. The number of aryl methyl sites for hydroxylation is 1. The van der Waals surface area contributed by atoms with E-state index in [-0.39, 0.29) is 18.4 Å². The van der Waals surface area contributed by atoms with Crippen molar-refractivity contribution in [1.82, 2.24) is 29.4 Å². The van der Waals surface area contributed by atoms with Gasteiger partial charge in [0.1, 0.15) is 11.2 Å². The van der Waals surface area contributed by atoms with E-state index in [1.165, 1.54) is 4.52 Å². The van der Waals surface area contributed by atoms with Gasteiger partial charge in [-0.3, -0.25) is 4.68 Å². The zero-order valence-electron chi connectivity index (χ0n) is 12.5. The first-order chi connectivity index (χ1) is 10.7. The van der Waals surface area contributed by atoms with E-state index < -0.39 is 0 Å². The average Bonchev–Trinajstić information content (AvgIpc) is 3.18. The van der Waals surface area contributed by atoms with Crippen LogP contribution >= 0.6 is 0 Å². The molecule has 0 aliphatic rings. The zero-order valence-corrected chi connectivity index (χ0v) is 13.2. The van der Waals surface area contributed by atoms with E-state index >= 15 is 0 Å². The van der Waals surface area contributed by atoms with Crippen LogP contribution in [-0.4, -0.2) is 35.9 Å². The Morgan fingerprint density at radius 1 is 1.30 bits per heavy atom. The highest BCUT2D eigenvalue weighted by molar-refractivity contribution is 5.99. The monoisotopic (exact) mass is 333 g/mol. The van der Waals surface area contributed by atoms with Crippen LogP contribution in [0.25, 0.3) is 28.3 Å². The molecule has 3 N–H and O–H groups in total. The topological polar surface area (TPSA) is 112 Å². The first-order valence-corrected chi connectivity index (χ1v) is 6.85. The predicted molar refractivity (Wildman–Crippen MR) is 81.3 cm³/mol. The van der Waals surface area contributed by atoms with Crippen LogP contribution in [0.5, 0.6) is 0 Å². The lowest BCUT2D eigenvalue weighted by atomic mass is 10.3. The normalized spacial score (nSPS) is 11.0. The number of nitrogens with zero attached hydrogens (tertiary/aromatic N) is 6. The van der Waals surface area contributed by atoms with Crippen molar-refractivity contribution in [3.63, 3.8) is 0 Å². The number of halogens is 1. The molecule has 4 aromatic rings. The van der Waals surface area contributed by atoms with Crippen molar-refractivity contribution in [2.24, 2.45) is 7.05 Å². The molecular weight excluding hydrogens is 320 g/mol. The van der Waals surface area contributed by atoms with Gasteiger partial charge in [0.15, 0.2) is 17.1 Å². The number of nitrogens with one attached hydrogen (secondary N) is 1. The van der Waals surface area contributed by atoms with E-state index in [9.17, 15) is 0 Å². The highest BCUT2D eigenvalue weighted by atomic mass is 35.5. The Labute approximate surface area is 136 Å². The molecule has 0 amide bonds. The lowest BCUT2D eigenvalue weighted by Crippen LogP contribution is -3.00. The molecule has 4 aromatic heterocycles. The Morgan fingerprint density at radius 3 is 2.83 bits per heavy atom. The SMILES string of the molecule is CCNc1c2c(nc(N)n3nc(-c4ccco4)nc23)nn1C.[Cl-]. The third kappa shape index (κ3) is 2.16. The predicted octanol–water partition coefficient (Wildman–Crippen LogP) is -1.71. The van der Waals surface area contributed by atoms with E-state index in [0.717, 1.165) is 17.7 Å². The summed E-state index contributed by atoms with van der Waals surface area (Å²) in [7, 11) is 1.84. The van der Waals surface area contributed by atoms with Crippen LogP contribution < -0.4 is 23.5 Å². The van der Waals surface area contributed by atoms with Gasteiger partial charge in [0.2, 0.25) is 11.8 Å². The maximum Gasteiger partial charge on any atom is 0.225 e. The number of anilines is 2. The summed E-state index contributed by atoms with van der Waals surface area (Å²) in [6.07, 6.45) is 1.58. The average molecular weight is 334 g/mol. The summed E-state index contributed by atoms with van der Waals surface area (Å²) in [4.78, 5) is 8.84. The maximum absolute atomic E-state index is 5.97. The van der Waals surface area contributed by atoms with Gasteiger partial charge in [-0.1, -0.05) is 0 Å². The van der Waals surface area contributed by atoms with E-state index in [4.69, 9.17) is 10.2 Å². The van der Waals surface area contributed by atoms with E-state index in [0.29, 0.717) is 22.9 Å². The second-order valence-corrected chi connectivity index (χ2v) is 4.82. The maximum atomic E-state index is 5.97. The number of rotatable bonds is 3. The molecule has 0 aliphatic carbocycles. The number of furan rings is 1. The van der Waals surface area contributed by atoms with Crippen LogP contribution in [-0.2, 0) is 7.05 Å². The largest absolute Gasteiger partial charge is 1.00 e. The van der Waals surface area contributed by atoms with Crippen molar-refractivity contribution in [3.05, 3.63) is 18.4 Å². The Balaban J connectivity index is 0.00000156. The molecule has 0 aromatic carbocycles. The molecule has 0 atom stereocenters. The lowest BCUT2D eigenvalue weighted by Gasteiger charge is -2.03. The van der Waals surface area contributed by atoms with Crippen molar-refractivity contribution in [2.45, 2.75) is 6.92 Å². The van der Waals surface area contributed by atoms with Crippen LogP contribution in [0.15, 0.2) is 22.8 Å². The highest BCUT2D eigenvalue weighted by Gasteiger charge is 2.20. The van der Waals surface area contributed by atoms with Gasteiger partial charge in [-0.05, 0) is 19.1 Å². The summed E-state index contributed by atoms with van der Waals surface area (Å²) in [6, 6.07) is 3.58. The molecule has 120 valence electrons. The summed E-state index contributed by atoms with van der Waals surface area (Å²) in [5.41, 5.74) is 7.10. The van der Waals surface area contributed by atoms with Gasteiger partial charge in [-0.25, -0.2) is 4.98 Å². The molecule has 4 heterocycles. The van der Waals surface area contributed by atoms with Gasteiger partial charge in [0.25, 0.3) is 0 Å². The van der Waals surface area contributed by atoms with Crippen LogP contribution in [0.1, 0.15) is 6.92 Å². The van der Waals surface area contributed by atoms with Gasteiger partial charge in [0.05, 0.1) is 6.26 Å². The number of nitrogen functional groups attached to an aromatic ring is 1. The second-order valence-electron chi connectivity index (χ2n) is 4.82. The Kier molecular flexibility index (Phi) is 3.57. The van der Waals surface area contributed by atoms with E-state index in [2.05, 4.69) is 25.5 Å². The Hall–Kier alpha value is -2.81. The smallest absolute Gasteiger partial charge is 0.225 e. The van der Waals surface area contributed by atoms with Crippen LogP contribution in [0, 0.1) is 0 Å². The minimum absolute atomic E-state index is 0. The van der Waals surface area contributed by atoms with Crippen molar-refractivity contribution in [1.29, 1.82) is 0 Å². The highest BCUT2D eigenvalue weighted by Crippen LogP contribution is 2.28. The Morgan fingerprint density at radius 2 is 2.13 bits per heavy atom. The summed E-state index contributed by atoms with van der Waals surface area (Å²) < 4.78 is 8.57. The van der Waals surface area contributed by atoms with Crippen LogP contribution in [0.2, 0.25) is 0 Å².